The first-order valence-corrected chi connectivity index (χ1v) is 5.67. The topological polar surface area (TPSA) is 44.1 Å². The summed E-state index contributed by atoms with van der Waals surface area (Å²) < 4.78 is 19.8. The second kappa shape index (κ2) is 5.18. The van der Waals surface area contributed by atoms with Crippen LogP contribution in [0.25, 0.3) is 5.69 Å². The van der Waals surface area contributed by atoms with Crippen molar-refractivity contribution in [3.8, 4) is 5.69 Å². The fourth-order valence-corrected chi connectivity index (χ4v) is 1.67. The third kappa shape index (κ3) is 2.36. The van der Waals surface area contributed by atoms with Crippen molar-refractivity contribution in [2.45, 2.75) is 6.92 Å². The van der Waals surface area contributed by atoms with E-state index in [0.29, 0.717) is 5.69 Å². The van der Waals surface area contributed by atoms with Crippen molar-refractivity contribution in [1.82, 2.24) is 9.78 Å². The van der Waals surface area contributed by atoms with Crippen LogP contribution in [0.1, 0.15) is 17.3 Å². The van der Waals surface area contributed by atoms with Crippen molar-refractivity contribution in [1.29, 1.82) is 0 Å². The van der Waals surface area contributed by atoms with Crippen LogP contribution in [-0.2, 0) is 4.74 Å². The van der Waals surface area contributed by atoms with Gasteiger partial charge in [0.25, 0.3) is 0 Å². The van der Waals surface area contributed by atoms with E-state index in [4.69, 9.17) is 16.3 Å². The number of ether oxygens (including phenoxy) is 1. The number of halogens is 2. The molecule has 0 saturated heterocycles. The van der Waals surface area contributed by atoms with Gasteiger partial charge in [-0.25, -0.2) is 13.9 Å². The van der Waals surface area contributed by atoms with Crippen molar-refractivity contribution in [3.63, 3.8) is 0 Å². The van der Waals surface area contributed by atoms with Crippen molar-refractivity contribution in [2.24, 2.45) is 0 Å². The van der Waals surface area contributed by atoms with E-state index in [0.717, 1.165) is 6.07 Å². The summed E-state index contributed by atoms with van der Waals surface area (Å²) in [7, 11) is 0. The molecule has 0 unspecified atom stereocenters. The molecule has 0 aliphatic carbocycles. The zero-order chi connectivity index (χ0) is 13.1. The maximum absolute atomic E-state index is 13.5. The minimum absolute atomic E-state index is 0.131. The number of hydrogen-bond acceptors (Lipinski definition) is 3. The normalized spacial score (nSPS) is 10.4. The molecule has 1 aromatic heterocycles. The highest BCUT2D eigenvalue weighted by atomic mass is 35.5. The second-order valence-corrected chi connectivity index (χ2v) is 3.86. The molecule has 1 aromatic carbocycles. The van der Waals surface area contributed by atoms with Crippen molar-refractivity contribution in [3.05, 3.63) is 47.0 Å². The number of rotatable bonds is 3. The van der Waals surface area contributed by atoms with Crippen molar-refractivity contribution >= 4 is 17.6 Å². The zero-order valence-electron chi connectivity index (χ0n) is 9.56. The Kier molecular flexibility index (Phi) is 3.62. The molecule has 18 heavy (non-hydrogen) atoms. The summed E-state index contributed by atoms with van der Waals surface area (Å²) in [6.45, 7) is 1.92. The first-order chi connectivity index (χ1) is 8.63. The van der Waals surface area contributed by atoms with Crippen LogP contribution in [0.3, 0.4) is 0 Å². The number of carbonyl (C=O) groups is 1. The van der Waals surface area contributed by atoms with Gasteiger partial charge in [-0.15, -0.1) is 0 Å². The third-order valence-corrected chi connectivity index (χ3v) is 2.57. The second-order valence-electron chi connectivity index (χ2n) is 3.45. The van der Waals surface area contributed by atoms with E-state index in [1.54, 1.807) is 19.2 Å². The van der Waals surface area contributed by atoms with Crippen LogP contribution in [0, 0.1) is 5.82 Å². The van der Waals surface area contributed by atoms with E-state index >= 15 is 0 Å². The molecule has 0 amide bonds. The molecule has 0 N–H and O–H groups in total. The highest BCUT2D eigenvalue weighted by Gasteiger charge is 2.17. The Morgan fingerprint density at radius 2 is 2.33 bits per heavy atom. The zero-order valence-corrected chi connectivity index (χ0v) is 10.3. The van der Waals surface area contributed by atoms with E-state index in [2.05, 4.69) is 5.10 Å². The highest BCUT2D eigenvalue weighted by molar-refractivity contribution is 6.31. The Bertz CT molecular complexity index is 570. The van der Waals surface area contributed by atoms with Crippen LogP contribution in [0.4, 0.5) is 4.39 Å². The lowest BCUT2D eigenvalue weighted by atomic mass is 10.1. The summed E-state index contributed by atoms with van der Waals surface area (Å²) in [5.41, 5.74) is 0.465. The summed E-state index contributed by atoms with van der Waals surface area (Å²) in [5.74, 6) is -1.18. The number of esters is 1. The molecular formula is C12H10ClFN2O2. The molecule has 6 heteroatoms. The van der Waals surface area contributed by atoms with Crippen LogP contribution in [0.2, 0.25) is 5.02 Å². The predicted octanol–water partition coefficient (Wildman–Crippen LogP) is 2.84. The summed E-state index contributed by atoms with van der Waals surface area (Å²) >= 11 is 5.68. The van der Waals surface area contributed by atoms with E-state index in [1.165, 1.54) is 16.9 Å². The highest BCUT2D eigenvalue weighted by Crippen LogP contribution is 2.23. The SMILES string of the molecule is CCOC(=O)c1cc(Cl)c(F)cc1-n1cccn1. The maximum Gasteiger partial charge on any atom is 0.340 e. The summed E-state index contributed by atoms with van der Waals surface area (Å²) in [6.07, 6.45) is 3.13. The van der Waals surface area contributed by atoms with Crippen LogP contribution >= 0.6 is 11.6 Å². The van der Waals surface area contributed by atoms with E-state index in [-0.39, 0.29) is 17.2 Å². The molecule has 0 atom stereocenters. The van der Waals surface area contributed by atoms with Gasteiger partial charge in [-0.2, -0.15) is 5.10 Å². The lowest BCUT2D eigenvalue weighted by Crippen LogP contribution is -2.10. The number of nitrogens with zero attached hydrogens (tertiary/aromatic N) is 2. The Balaban J connectivity index is 2.56. The lowest BCUT2D eigenvalue weighted by molar-refractivity contribution is 0.0526. The third-order valence-electron chi connectivity index (χ3n) is 2.29. The monoisotopic (exact) mass is 268 g/mol. The summed E-state index contributed by atoms with van der Waals surface area (Å²) in [4.78, 5) is 11.8. The molecule has 0 bridgehead atoms. The largest absolute Gasteiger partial charge is 0.462 e. The predicted molar refractivity (Wildman–Crippen MR) is 64.5 cm³/mol. The molecule has 2 aromatic rings. The average Bonchev–Trinajstić information content (AvgIpc) is 2.86. The standard InChI is InChI=1S/C12H10ClFN2O2/c1-2-18-12(17)8-6-9(13)10(14)7-11(8)16-5-3-4-15-16/h3-7H,2H2,1H3. The fourth-order valence-electron chi connectivity index (χ4n) is 1.51. The average molecular weight is 269 g/mol. The number of benzene rings is 1. The van der Waals surface area contributed by atoms with Gasteiger partial charge in [0, 0.05) is 18.5 Å². The van der Waals surface area contributed by atoms with Gasteiger partial charge < -0.3 is 4.74 Å². The minimum atomic E-state index is -0.616. The van der Waals surface area contributed by atoms with Gasteiger partial charge in [0.2, 0.25) is 0 Å². The molecule has 4 nitrogen and oxygen atoms in total. The Morgan fingerprint density at radius 1 is 1.56 bits per heavy atom. The molecule has 0 saturated carbocycles. The van der Waals surface area contributed by atoms with Crippen molar-refractivity contribution < 1.29 is 13.9 Å². The Hall–Kier alpha value is -1.88. The van der Waals surface area contributed by atoms with Crippen LogP contribution in [0.15, 0.2) is 30.6 Å². The van der Waals surface area contributed by atoms with Crippen LogP contribution in [-0.4, -0.2) is 22.4 Å². The van der Waals surface area contributed by atoms with Gasteiger partial charge in [-0.1, -0.05) is 11.6 Å². The lowest BCUT2D eigenvalue weighted by Gasteiger charge is -2.10. The van der Waals surface area contributed by atoms with Gasteiger partial charge in [0.1, 0.15) is 5.82 Å². The van der Waals surface area contributed by atoms with Crippen LogP contribution < -0.4 is 0 Å². The Morgan fingerprint density at radius 3 is 2.94 bits per heavy atom. The van der Waals surface area contributed by atoms with Gasteiger partial charge in [0.15, 0.2) is 0 Å². The molecule has 0 radical (unpaired) electrons. The van der Waals surface area contributed by atoms with Crippen LogP contribution in [0.5, 0.6) is 0 Å². The van der Waals surface area contributed by atoms with Crippen molar-refractivity contribution in [2.75, 3.05) is 6.61 Å². The van der Waals surface area contributed by atoms with Gasteiger partial charge >= 0.3 is 5.97 Å². The fraction of sp³-hybridized carbons (Fsp3) is 0.167. The molecule has 2 rings (SSSR count). The van der Waals surface area contributed by atoms with E-state index in [1.807, 2.05) is 0 Å². The summed E-state index contributed by atoms with van der Waals surface area (Å²) in [5, 5.41) is 3.83. The molecule has 0 fully saturated rings. The molecular weight excluding hydrogens is 259 g/mol. The van der Waals surface area contributed by atoms with E-state index < -0.39 is 11.8 Å². The Labute approximate surface area is 108 Å². The smallest absolute Gasteiger partial charge is 0.340 e. The maximum atomic E-state index is 13.5. The number of hydrogen-bond donors (Lipinski definition) is 0. The molecule has 0 aliphatic rings. The molecule has 0 aliphatic heterocycles. The quantitative estimate of drug-likeness (QED) is 0.804. The van der Waals surface area contributed by atoms with Gasteiger partial charge in [0.05, 0.1) is 22.9 Å². The molecule has 1 heterocycles. The molecule has 94 valence electrons. The number of carbonyl (C=O) groups excluding carboxylic acids is 1. The van der Waals surface area contributed by atoms with Gasteiger partial charge in [-0.3, -0.25) is 0 Å². The van der Waals surface area contributed by atoms with E-state index in [9.17, 15) is 9.18 Å². The number of aromatic nitrogens is 2. The van der Waals surface area contributed by atoms with Gasteiger partial charge in [-0.05, 0) is 19.1 Å². The first kappa shape index (κ1) is 12.6. The first-order valence-electron chi connectivity index (χ1n) is 5.29. The summed E-state index contributed by atoms with van der Waals surface area (Å²) in [6, 6.07) is 4.06. The minimum Gasteiger partial charge on any atom is -0.462 e. The molecule has 0 spiro atoms.